The Morgan fingerprint density at radius 1 is 1.32 bits per heavy atom. The molecule has 0 radical (unpaired) electrons. The molecule has 6 heteroatoms. The van der Waals surface area contributed by atoms with Crippen molar-refractivity contribution in [2.24, 2.45) is 5.73 Å². The highest BCUT2D eigenvalue weighted by molar-refractivity contribution is 7.98. The number of hydrogen-bond donors (Lipinski definition) is 2. The number of ether oxygens (including phenoxy) is 1. The Morgan fingerprint density at radius 3 is 2.73 bits per heavy atom. The molecule has 2 aromatic rings. The number of amides is 1. The van der Waals surface area contributed by atoms with Crippen LogP contribution in [0.4, 0.5) is 5.69 Å². The molecule has 2 rings (SSSR count). The average molecular weight is 317 g/mol. The molecule has 116 valence electrons. The number of aromatic nitrogens is 1. The minimum Gasteiger partial charge on any atom is -0.439 e. The van der Waals surface area contributed by atoms with E-state index in [0.717, 1.165) is 5.75 Å². The van der Waals surface area contributed by atoms with Gasteiger partial charge in [0.05, 0.1) is 17.9 Å². The monoisotopic (exact) mass is 317 g/mol. The van der Waals surface area contributed by atoms with Crippen molar-refractivity contribution in [3.8, 4) is 11.6 Å². The highest BCUT2D eigenvalue weighted by atomic mass is 32.2. The van der Waals surface area contributed by atoms with Crippen LogP contribution >= 0.6 is 11.8 Å². The predicted molar refractivity (Wildman–Crippen MR) is 90.4 cm³/mol. The molecule has 0 saturated carbocycles. The molecule has 0 unspecified atom stereocenters. The number of rotatable bonds is 7. The van der Waals surface area contributed by atoms with Crippen molar-refractivity contribution in [3.63, 3.8) is 0 Å². The number of pyridine rings is 1. The van der Waals surface area contributed by atoms with Gasteiger partial charge >= 0.3 is 0 Å². The third kappa shape index (κ3) is 5.05. The molecule has 0 aliphatic rings. The Hall–Kier alpha value is -2.05. The third-order valence-electron chi connectivity index (χ3n) is 2.94. The van der Waals surface area contributed by atoms with E-state index in [2.05, 4.69) is 10.3 Å². The third-order valence-corrected chi connectivity index (χ3v) is 3.58. The summed E-state index contributed by atoms with van der Waals surface area (Å²) in [6, 6.07) is 12.3. The quantitative estimate of drug-likeness (QED) is 0.821. The van der Waals surface area contributed by atoms with E-state index in [9.17, 15) is 4.79 Å². The second-order valence-corrected chi connectivity index (χ2v) is 5.66. The summed E-state index contributed by atoms with van der Waals surface area (Å²) in [5, 5.41) is 2.75. The molecule has 1 heterocycles. The molecule has 0 aliphatic heterocycles. The normalized spacial score (nSPS) is 11.7. The molecule has 0 spiro atoms. The van der Waals surface area contributed by atoms with Crippen molar-refractivity contribution in [1.29, 1.82) is 0 Å². The fourth-order valence-corrected chi connectivity index (χ4v) is 2.22. The minimum atomic E-state index is -0.507. The van der Waals surface area contributed by atoms with Crippen molar-refractivity contribution >= 4 is 23.4 Å². The average Bonchev–Trinajstić information content (AvgIpc) is 2.55. The van der Waals surface area contributed by atoms with Gasteiger partial charge in [0.15, 0.2) is 0 Å². The Labute approximate surface area is 134 Å². The van der Waals surface area contributed by atoms with E-state index in [-0.39, 0.29) is 5.91 Å². The smallest absolute Gasteiger partial charge is 0.241 e. The van der Waals surface area contributed by atoms with E-state index in [1.54, 1.807) is 30.1 Å². The van der Waals surface area contributed by atoms with Crippen LogP contribution in [0, 0.1) is 0 Å². The number of carbonyl (C=O) groups is 1. The van der Waals surface area contributed by atoms with Gasteiger partial charge in [0.25, 0.3) is 0 Å². The lowest BCUT2D eigenvalue weighted by molar-refractivity contribution is -0.117. The highest BCUT2D eigenvalue weighted by Gasteiger charge is 2.13. The van der Waals surface area contributed by atoms with Crippen LogP contribution in [-0.2, 0) is 4.79 Å². The van der Waals surface area contributed by atoms with Gasteiger partial charge in [-0.05, 0) is 36.6 Å². The SMILES string of the molecule is CSCC[C@H](N)C(=O)Nc1ccc(Oc2ccccc2)nc1. The zero-order valence-corrected chi connectivity index (χ0v) is 13.2. The summed E-state index contributed by atoms with van der Waals surface area (Å²) in [6.45, 7) is 0. The van der Waals surface area contributed by atoms with E-state index in [4.69, 9.17) is 10.5 Å². The van der Waals surface area contributed by atoms with Gasteiger partial charge in [-0.2, -0.15) is 11.8 Å². The van der Waals surface area contributed by atoms with Gasteiger partial charge in [-0.15, -0.1) is 0 Å². The lowest BCUT2D eigenvalue weighted by atomic mass is 10.2. The molecule has 0 saturated heterocycles. The molecule has 1 atom stereocenters. The maximum Gasteiger partial charge on any atom is 0.241 e. The van der Waals surface area contributed by atoms with Crippen LogP contribution in [0.15, 0.2) is 48.7 Å². The number of nitrogens with zero attached hydrogens (tertiary/aromatic N) is 1. The summed E-state index contributed by atoms with van der Waals surface area (Å²) in [7, 11) is 0. The van der Waals surface area contributed by atoms with Crippen LogP contribution in [0.2, 0.25) is 0 Å². The van der Waals surface area contributed by atoms with E-state index < -0.39 is 6.04 Å². The molecule has 3 N–H and O–H groups in total. The van der Waals surface area contributed by atoms with Gasteiger partial charge in [-0.25, -0.2) is 4.98 Å². The summed E-state index contributed by atoms with van der Waals surface area (Å²) in [6.07, 6.45) is 4.19. The number of nitrogens with one attached hydrogen (secondary N) is 1. The fraction of sp³-hybridized carbons (Fsp3) is 0.250. The van der Waals surface area contributed by atoms with Crippen LogP contribution in [0.5, 0.6) is 11.6 Å². The van der Waals surface area contributed by atoms with Crippen LogP contribution in [0.1, 0.15) is 6.42 Å². The molecule has 0 bridgehead atoms. The first-order valence-corrected chi connectivity index (χ1v) is 8.33. The maximum absolute atomic E-state index is 11.9. The van der Waals surface area contributed by atoms with Crippen molar-refractivity contribution in [2.45, 2.75) is 12.5 Å². The van der Waals surface area contributed by atoms with Gasteiger partial charge < -0.3 is 15.8 Å². The lowest BCUT2D eigenvalue weighted by Crippen LogP contribution is -2.36. The van der Waals surface area contributed by atoms with Gasteiger partial charge in [0, 0.05) is 6.07 Å². The Bertz CT molecular complexity index is 590. The van der Waals surface area contributed by atoms with E-state index >= 15 is 0 Å². The molecule has 1 aromatic carbocycles. The second kappa shape index (κ2) is 8.41. The fourth-order valence-electron chi connectivity index (χ4n) is 1.73. The van der Waals surface area contributed by atoms with Gasteiger partial charge in [-0.3, -0.25) is 4.79 Å². The van der Waals surface area contributed by atoms with Crippen molar-refractivity contribution in [1.82, 2.24) is 4.98 Å². The Balaban J connectivity index is 1.90. The van der Waals surface area contributed by atoms with Crippen LogP contribution in [-0.4, -0.2) is 28.9 Å². The van der Waals surface area contributed by atoms with Crippen LogP contribution in [0.25, 0.3) is 0 Å². The topological polar surface area (TPSA) is 77.2 Å². The van der Waals surface area contributed by atoms with Gasteiger partial charge in [0.2, 0.25) is 11.8 Å². The molecule has 0 aliphatic carbocycles. The number of nitrogens with two attached hydrogens (primary N) is 1. The molecule has 0 fully saturated rings. The summed E-state index contributed by atoms with van der Waals surface area (Å²) in [5.41, 5.74) is 6.41. The molecule has 1 amide bonds. The number of para-hydroxylation sites is 1. The van der Waals surface area contributed by atoms with Gasteiger partial charge in [-0.1, -0.05) is 18.2 Å². The first kappa shape index (κ1) is 16.3. The van der Waals surface area contributed by atoms with Crippen molar-refractivity contribution in [2.75, 3.05) is 17.3 Å². The number of thioether (sulfide) groups is 1. The molecular weight excluding hydrogens is 298 g/mol. The number of carbonyl (C=O) groups excluding carboxylic acids is 1. The highest BCUT2D eigenvalue weighted by Crippen LogP contribution is 2.19. The van der Waals surface area contributed by atoms with Crippen LogP contribution in [0.3, 0.4) is 0 Å². The summed E-state index contributed by atoms with van der Waals surface area (Å²) < 4.78 is 5.59. The molecule has 1 aromatic heterocycles. The summed E-state index contributed by atoms with van der Waals surface area (Å²) in [4.78, 5) is 16.1. The summed E-state index contributed by atoms with van der Waals surface area (Å²) in [5.74, 6) is 1.84. The molecular formula is C16H19N3O2S. The lowest BCUT2D eigenvalue weighted by Gasteiger charge is -2.11. The van der Waals surface area contributed by atoms with E-state index in [1.807, 2.05) is 36.6 Å². The second-order valence-electron chi connectivity index (χ2n) is 4.68. The molecule has 22 heavy (non-hydrogen) atoms. The summed E-state index contributed by atoms with van der Waals surface area (Å²) >= 11 is 1.67. The zero-order valence-electron chi connectivity index (χ0n) is 12.4. The maximum atomic E-state index is 11.9. The number of hydrogen-bond acceptors (Lipinski definition) is 5. The van der Waals surface area contributed by atoms with Crippen LogP contribution < -0.4 is 15.8 Å². The number of benzene rings is 1. The van der Waals surface area contributed by atoms with Crippen molar-refractivity contribution < 1.29 is 9.53 Å². The standard InChI is InChI=1S/C16H19N3O2S/c1-22-10-9-14(17)16(20)19-12-7-8-15(18-11-12)21-13-5-3-2-4-6-13/h2-8,11,14H,9-10,17H2,1H3,(H,19,20)/t14-/m0/s1. The first-order chi connectivity index (χ1) is 10.7. The molecule has 5 nitrogen and oxygen atoms in total. The van der Waals surface area contributed by atoms with E-state index in [0.29, 0.717) is 23.7 Å². The first-order valence-electron chi connectivity index (χ1n) is 6.93. The number of anilines is 1. The van der Waals surface area contributed by atoms with Gasteiger partial charge in [0.1, 0.15) is 5.75 Å². The largest absolute Gasteiger partial charge is 0.439 e. The minimum absolute atomic E-state index is 0.201. The Kier molecular flexibility index (Phi) is 6.24. The predicted octanol–water partition coefficient (Wildman–Crippen LogP) is 2.89. The Morgan fingerprint density at radius 2 is 2.09 bits per heavy atom. The zero-order chi connectivity index (χ0) is 15.8. The van der Waals surface area contributed by atoms with Crippen molar-refractivity contribution in [3.05, 3.63) is 48.7 Å². The van der Waals surface area contributed by atoms with E-state index in [1.165, 1.54) is 0 Å².